The monoisotopic (exact) mass is 285 g/mol. The Labute approximate surface area is 126 Å². The van der Waals surface area contributed by atoms with Crippen LogP contribution in [0.1, 0.15) is 18.1 Å². The van der Waals surface area contributed by atoms with Gasteiger partial charge < -0.3 is 14.7 Å². The van der Waals surface area contributed by atoms with Crippen LogP contribution in [0.4, 0.5) is 11.4 Å². The number of benzene rings is 1. The van der Waals surface area contributed by atoms with Gasteiger partial charge in [-0.2, -0.15) is 0 Å². The number of fused-ring (bicyclic) bond motifs is 1. The van der Waals surface area contributed by atoms with E-state index in [0.717, 1.165) is 44.8 Å². The molecule has 0 N–H and O–H groups in total. The van der Waals surface area contributed by atoms with E-state index in [0.29, 0.717) is 0 Å². The molecule has 2 aliphatic heterocycles. The van der Waals surface area contributed by atoms with Gasteiger partial charge in [0.1, 0.15) is 0 Å². The molecule has 0 aromatic heterocycles. The van der Waals surface area contributed by atoms with E-state index in [1.807, 2.05) is 11.0 Å². The van der Waals surface area contributed by atoms with Crippen LogP contribution in [0.15, 0.2) is 18.7 Å². The summed E-state index contributed by atoms with van der Waals surface area (Å²) in [4.78, 5) is 18.4. The summed E-state index contributed by atoms with van der Waals surface area (Å²) in [6.45, 7) is 10.6. The van der Waals surface area contributed by atoms with Crippen molar-refractivity contribution in [3.05, 3.63) is 29.8 Å². The third-order valence-corrected chi connectivity index (χ3v) is 4.57. The zero-order valence-electron chi connectivity index (χ0n) is 12.9. The number of carbonyl (C=O) groups is 1. The zero-order chi connectivity index (χ0) is 15.0. The van der Waals surface area contributed by atoms with E-state index >= 15 is 0 Å². The third-order valence-electron chi connectivity index (χ3n) is 4.57. The lowest BCUT2D eigenvalue weighted by molar-refractivity contribution is -0.116. The van der Waals surface area contributed by atoms with Gasteiger partial charge >= 0.3 is 0 Å². The van der Waals surface area contributed by atoms with E-state index in [4.69, 9.17) is 0 Å². The Morgan fingerprint density at radius 3 is 2.48 bits per heavy atom. The van der Waals surface area contributed by atoms with Gasteiger partial charge in [-0.05, 0) is 36.7 Å². The number of hydrogen-bond acceptors (Lipinski definition) is 3. The highest BCUT2D eigenvalue weighted by Gasteiger charge is 2.25. The first-order valence-electron chi connectivity index (χ1n) is 7.61. The van der Waals surface area contributed by atoms with Crippen LogP contribution in [0.25, 0.3) is 6.08 Å². The Balaban J connectivity index is 1.98. The largest absolute Gasteiger partial charge is 0.368 e. The molecule has 0 unspecified atom stereocenters. The summed E-state index contributed by atoms with van der Waals surface area (Å²) in [5.41, 5.74) is 4.74. The summed E-state index contributed by atoms with van der Waals surface area (Å²) >= 11 is 0. The molecule has 1 aromatic rings. The molecule has 1 saturated heterocycles. The highest BCUT2D eigenvalue weighted by Crippen LogP contribution is 2.36. The zero-order valence-corrected chi connectivity index (χ0v) is 12.9. The minimum atomic E-state index is 0.129. The first-order valence-corrected chi connectivity index (χ1v) is 7.61. The number of anilines is 2. The number of hydrogen-bond donors (Lipinski definition) is 0. The van der Waals surface area contributed by atoms with Crippen LogP contribution in [0.3, 0.4) is 0 Å². The number of carbonyl (C=O) groups excluding carboxylic acids is 1. The van der Waals surface area contributed by atoms with Gasteiger partial charge in [0, 0.05) is 51.0 Å². The van der Waals surface area contributed by atoms with Crippen molar-refractivity contribution in [3.63, 3.8) is 0 Å². The summed E-state index contributed by atoms with van der Waals surface area (Å²) in [7, 11) is 2.16. The van der Waals surface area contributed by atoms with Gasteiger partial charge in [-0.1, -0.05) is 12.7 Å². The van der Waals surface area contributed by atoms with Crippen LogP contribution < -0.4 is 9.80 Å². The van der Waals surface area contributed by atoms with E-state index in [2.05, 4.69) is 35.6 Å². The van der Waals surface area contributed by atoms with Gasteiger partial charge in [0.05, 0.1) is 0 Å². The van der Waals surface area contributed by atoms with Gasteiger partial charge in [0.2, 0.25) is 5.91 Å². The molecule has 0 radical (unpaired) electrons. The van der Waals surface area contributed by atoms with Gasteiger partial charge in [0.25, 0.3) is 0 Å². The van der Waals surface area contributed by atoms with Crippen LogP contribution in [0.5, 0.6) is 0 Å². The maximum Gasteiger partial charge on any atom is 0.223 e. The van der Waals surface area contributed by atoms with Gasteiger partial charge in [-0.15, -0.1) is 0 Å². The molecular formula is C17H23N3O. The van der Waals surface area contributed by atoms with E-state index in [1.54, 1.807) is 6.92 Å². The van der Waals surface area contributed by atoms with Crippen molar-refractivity contribution in [1.82, 2.24) is 4.90 Å². The SMILES string of the molecule is C=Cc1cc2c(cc1N1CCN(C)CC1)N(C(C)=O)CC2. The number of amides is 1. The molecule has 1 amide bonds. The highest BCUT2D eigenvalue weighted by atomic mass is 16.2. The lowest BCUT2D eigenvalue weighted by Gasteiger charge is -2.35. The fraction of sp³-hybridized carbons (Fsp3) is 0.471. The minimum Gasteiger partial charge on any atom is -0.368 e. The molecule has 4 heteroatoms. The summed E-state index contributed by atoms with van der Waals surface area (Å²) in [5.74, 6) is 0.129. The van der Waals surface area contributed by atoms with E-state index < -0.39 is 0 Å². The Bertz CT molecular complexity index is 574. The van der Waals surface area contributed by atoms with Crippen LogP contribution in [-0.4, -0.2) is 50.6 Å². The topological polar surface area (TPSA) is 26.8 Å². The van der Waals surface area contributed by atoms with Crippen molar-refractivity contribution >= 4 is 23.4 Å². The van der Waals surface area contributed by atoms with Crippen LogP contribution >= 0.6 is 0 Å². The Kier molecular flexibility index (Phi) is 3.72. The average Bonchev–Trinajstić information content (AvgIpc) is 2.89. The number of likely N-dealkylation sites (N-methyl/N-ethyl adjacent to an activating group) is 1. The average molecular weight is 285 g/mol. The molecule has 0 saturated carbocycles. The van der Waals surface area contributed by atoms with Crippen LogP contribution in [0, 0.1) is 0 Å². The number of rotatable bonds is 2. The number of nitrogens with zero attached hydrogens (tertiary/aromatic N) is 3. The Morgan fingerprint density at radius 1 is 1.14 bits per heavy atom. The molecule has 1 fully saturated rings. The maximum atomic E-state index is 11.8. The van der Waals surface area contributed by atoms with Gasteiger partial charge in [-0.25, -0.2) is 0 Å². The van der Waals surface area contributed by atoms with Crippen molar-refractivity contribution in [2.75, 3.05) is 49.6 Å². The molecule has 4 nitrogen and oxygen atoms in total. The molecule has 0 bridgehead atoms. The Hall–Kier alpha value is -1.81. The molecule has 0 aliphatic carbocycles. The smallest absolute Gasteiger partial charge is 0.223 e. The predicted molar refractivity (Wildman–Crippen MR) is 88.0 cm³/mol. The van der Waals surface area contributed by atoms with Gasteiger partial charge in [0.15, 0.2) is 0 Å². The second kappa shape index (κ2) is 5.53. The molecule has 3 rings (SSSR count). The lowest BCUT2D eigenvalue weighted by Crippen LogP contribution is -2.44. The van der Waals surface area contributed by atoms with Crippen molar-refractivity contribution in [2.45, 2.75) is 13.3 Å². The third kappa shape index (κ3) is 2.56. The second-order valence-corrected chi connectivity index (χ2v) is 5.95. The Morgan fingerprint density at radius 2 is 1.86 bits per heavy atom. The molecular weight excluding hydrogens is 262 g/mol. The molecule has 2 heterocycles. The minimum absolute atomic E-state index is 0.129. The van der Waals surface area contributed by atoms with E-state index in [1.165, 1.54) is 16.8 Å². The van der Waals surface area contributed by atoms with Crippen LogP contribution in [-0.2, 0) is 11.2 Å². The molecule has 2 aliphatic rings. The van der Waals surface area contributed by atoms with Gasteiger partial charge in [-0.3, -0.25) is 4.79 Å². The second-order valence-electron chi connectivity index (χ2n) is 5.95. The van der Waals surface area contributed by atoms with Crippen LogP contribution in [0.2, 0.25) is 0 Å². The van der Waals surface area contributed by atoms with Crippen molar-refractivity contribution in [3.8, 4) is 0 Å². The normalized spacial score (nSPS) is 18.8. The predicted octanol–water partition coefficient (Wildman–Crippen LogP) is 1.99. The standard InChI is InChI=1S/C17H23N3O/c1-4-14-11-15-5-6-20(13(2)21)17(15)12-16(14)19-9-7-18(3)8-10-19/h4,11-12H,1,5-10H2,2-3H3. The van der Waals surface area contributed by atoms with Crippen molar-refractivity contribution in [1.29, 1.82) is 0 Å². The first kappa shape index (κ1) is 14.1. The van der Waals surface area contributed by atoms with Crippen molar-refractivity contribution < 1.29 is 4.79 Å². The maximum absolute atomic E-state index is 11.8. The fourth-order valence-electron chi connectivity index (χ4n) is 3.26. The molecule has 0 spiro atoms. The molecule has 112 valence electrons. The first-order chi connectivity index (χ1) is 10.1. The summed E-state index contributed by atoms with van der Waals surface area (Å²) in [6.07, 6.45) is 2.88. The fourth-order valence-corrected chi connectivity index (χ4v) is 3.26. The highest BCUT2D eigenvalue weighted by molar-refractivity contribution is 5.95. The summed E-state index contributed by atoms with van der Waals surface area (Å²) in [5, 5.41) is 0. The van der Waals surface area contributed by atoms with Crippen molar-refractivity contribution in [2.24, 2.45) is 0 Å². The quantitative estimate of drug-likeness (QED) is 0.831. The van der Waals surface area contributed by atoms with E-state index in [9.17, 15) is 4.79 Å². The molecule has 0 atom stereocenters. The lowest BCUT2D eigenvalue weighted by atomic mass is 10.0. The van der Waals surface area contributed by atoms with E-state index in [-0.39, 0.29) is 5.91 Å². The molecule has 21 heavy (non-hydrogen) atoms. The molecule has 1 aromatic carbocycles. The number of piperazine rings is 1. The summed E-state index contributed by atoms with van der Waals surface area (Å²) in [6, 6.07) is 4.39. The summed E-state index contributed by atoms with van der Waals surface area (Å²) < 4.78 is 0.